The molecule has 0 unspecified atom stereocenters. The maximum absolute atomic E-state index is 11.5. The third kappa shape index (κ3) is 3.92. The van der Waals surface area contributed by atoms with Gasteiger partial charge in [-0.2, -0.15) is 0 Å². The number of esters is 1. The smallest absolute Gasteiger partial charge is 0.302 e. The molecule has 0 amide bonds. The molecule has 3 aliphatic carbocycles. The summed E-state index contributed by atoms with van der Waals surface area (Å²) in [6.07, 6.45) is 8.59. The number of carbonyl (C=O) groups is 1. The Morgan fingerprint density at radius 3 is 2.64 bits per heavy atom. The van der Waals surface area contributed by atoms with Crippen molar-refractivity contribution in [1.82, 2.24) is 5.48 Å². The van der Waals surface area contributed by atoms with Gasteiger partial charge in [-0.05, 0) is 78.9 Å². The Hall–Kier alpha value is -0.870. The van der Waals surface area contributed by atoms with E-state index < -0.39 is 0 Å². The Morgan fingerprint density at radius 1 is 1.21 bits per heavy atom. The van der Waals surface area contributed by atoms with Crippen molar-refractivity contribution < 1.29 is 14.4 Å². The van der Waals surface area contributed by atoms with Gasteiger partial charge in [0.1, 0.15) is 0 Å². The maximum Gasteiger partial charge on any atom is 0.302 e. The van der Waals surface area contributed by atoms with E-state index >= 15 is 0 Å². The highest BCUT2D eigenvalue weighted by Crippen LogP contribution is 2.63. The number of allylic oxidation sites excluding steroid dienone is 1. The molecule has 160 valence electrons. The molecule has 4 heteroatoms. The minimum Gasteiger partial charge on any atom is -0.466 e. The summed E-state index contributed by atoms with van der Waals surface area (Å²) in [5, 5.41) is 0. The Kier molecular flexibility index (Phi) is 6.61. The van der Waals surface area contributed by atoms with Crippen LogP contribution in [0.25, 0.3) is 0 Å². The number of carbonyl (C=O) groups excluding carboxylic acids is 1. The fourth-order valence-corrected chi connectivity index (χ4v) is 7.08. The Balaban J connectivity index is 1.88. The van der Waals surface area contributed by atoms with Crippen LogP contribution in [0.3, 0.4) is 0 Å². The zero-order chi connectivity index (χ0) is 20.5. The Bertz CT molecular complexity index is 590. The first kappa shape index (κ1) is 21.8. The molecule has 0 aromatic heterocycles. The number of rotatable bonds is 6. The van der Waals surface area contributed by atoms with Gasteiger partial charge >= 0.3 is 5.97 Å². The quantitative estimate of drug-likeness (QED) is 0.387. The molecule has 3 fully saturated rings. The molecule has 3 aliphatic rings. The first-order valence-corrected chi connectivity index (χ1v) is 11.3. The lowest BCUT2D eigenvalue weighted by Gasteiger charge is -2.57. The van der Waals surface area contributed by atoms with Gasteiger partial charge in [-0.15, -0.1) is 0 Å². The summed E-state index contributed by atoms with van der Waals surface area (Å²) in [7, 11) is 1.72. The highest BCUT2D eigenvalue weighted by Gasteiger charge is 2.56. The molecule has 28 heavy (non-hydrogen) atoms. The van der Waals surface area contributed by atoms with E-state index in [0.29, 0.717) is 36.2 Å². The van der Waals surface area contributed by atoms with Gasteiger partial charge in [0.05, 0.1) is 13.7 Å². The second kappa shape index (κ2) is 8.47. The van der Waals surface area contributed by atoms with Gasteiger partial charge in [0, 0.05) is 13.5 Å². The van der Waals surface area contributed by atoms with E-state index in [4.69, 9.17) is 9.57 Å². The van der Waals surface area contributed by atoms with Gasteiger partial charge in [-0.3, -0.25) is 4.79 Å². The van der Waals surface area contributed by atoms with Crippen molar-refractivity contribution in [2.75, 3.05) is 20.3 Å². The van der Waals surface area contributed by atoms with E-state index in [2.05, 4.69) is 32.8 Å². The van der Waals surface area contributed by atoms with Crippen LogP contribution in [0.1, 0.15) is 72.6 Å². The van der Waals surface area contributed by atoms with Crippen LogP contribution >= 0.6 is 0 Å². The predicted octanol–water partition coefficient (Wildman–Crippen LogP) is 5.14. The van der Waals surface area contributed by atoms with Crippen LogP contribution in [0.15, 0.2) is 12.2 Å². The summed E-state index contributed by atoms with van der Waals surface area (Å²) < 4.78 is 5.56. The van der Waals surface area contributed by atoms with Crippen LogP contribution in [-0.4, -0.2) is 26.2 Å². The van der Waals surface area contributed by atoms with Crippen molar-refractivity contribution in [3.05, 3.63) is 12.2 Å². The lowest BCUT2D eigenvalue weighted by atomic mass is 9.49. The van der Waals surface area contributed by atoms with E-state index in [1.807, 2.05) is 0 Å². The standard InChI is InChI=1S/C24H41NO3/c1-16-9-11-24(5,19(13-16)15-28-18(3)26)22-10-12-23(4)17(2)7-8-21(23)20(22)14-25-27-6/h16,19-22,25H,2,7-15H2,1,3-6H3/t16-,19+,20-,21-,22-,23+,24-/m0/s1. The fourth-order valence-electron chi connectivity index (χ4n) is 7.08. The molecule has 7 atom stereocenters. The first-order valence-electron chi connectivity index (χ1n) is 11.3. The van der Waals surface area contributed by atoms with E-state index in [1.165, 1.54) is 57.4 Å². The Morgan fingerprint density at radius 2 is 1.96 bits per heavy atom. The number of fused-ring (bicyclic) bond motifs is 1. The fraction of sp³-hybridized carbons (Fsp3) is 0.875. The zero-order valence-corrected chi connectivity index (χ0v) is 18.7. The third-order valence-electron chi connectivity index (χ3n) is 8.99. The van der Waals surface area contributed by atoms with Gasteiger partial charge in [0.15, 0.2) is 0 Å². The van der Waals surface area contributed by atoms with Crippen molar-refractivity contribution in [2.45, 2.75) is 72.6 Å². The van der Waals surface area contributed by atoms with Crippen LogP contribution in [0.4, 0.5) is 0 Å². The van der Waals surface area contributed by atoms with Crippen LogP contribution in [-0.2, 0) is 14.4 Å². The summed E-state index contributed by atoms with van der Waals surface area (Å²) in [5.41, 5.74) is 5.16. The van der Waals surface area contributed by atoms with Crippen molar-refractivity contribution >= 4 is 5.97 Å². The molecule has 1 N–H and O–H groups in total. The molecule has 0 heterocycles. The molecule has 3 saturated carbocycles. The molecule has 3 rings (SSSR count). The average molecular weight is 392 g/mol. The van der Waals surface area contributed by atoms with Gasteiger partial charge in [0.25, 0.3) is 0 Å². The lowest BCUT2D eigenvalue weighted by molar-refractivity contribution is -0.148. The number of hydrogen-bond acceptors (Lipinski definition) is 4. The van der Waals surface area contributed by atoms with Crippen LogP contribution < -0.4 is 5.48 Å². The second-order valence-corrected chi connectivity index (χ2v) is 10.4. The zero-order valence-electron chi connectivity index (χ0n) is 18.7. The van der Waals surface area contributed by atoms with E-state index in [9.17, 15) is 4.79 Å². The third-order valence-corrected chi connectivity index (χ3v) is 8.99. The molecular weight excluding hydrogens is 350 g/mol. The molecule has 0 bridgehead atoms. The number of hydroxylamine groups is 1. The monoisotopic (exact) mass is 391 g/mol. The molecule has 0 radical (unpaired) electrons. The second-order valence-electron chi connectivity index (χ2n) is 10.4. The average Bonchev–Trinajstić information content (AvgIpc) is 2.95. The van der Waals surface area contributed by atoms with E-state index in [1.54, 1.807) is 7.11 Å². The van der Waals surface area contributed by atoms with Crippen LogP contribution in [0.2, 0.25) is 0 Å². The molecule has 0 spiro atoms. The molecule has 0 aliphatic heterocycles. The molecule has 0 aromatic rings. The van der Waals surface area contributed by atoms with Gasteiger partial charge in [0.2, 0.25) is 0 Å². The number of ether oxygens (including phenoxy) is 1. The largest absolute Gasteiger partial charge is 0.466 e. The SMILES string of the molecule is C=C1CC[C@H]2[C@H](CNOC)[C@@H]([C@@]3(C)CC[C@H](C)C[C@@H]3COC(C)=O)CC[C@]12C. The summed E-state index contributed by atoms with van der Waals surface area (Å²) in [6.45, 7) is 14.7. The molecular formula is C24H41NO3. The van der Waals surface area contributed by atoms with Crippen molar-refractivity contribution in [3.63, 3.8) is 0 Å². The van der Waals surface area contributed by atoms with Crippen LogP contribution in [0.5, 0.6) is 0 Å². The first-order chi connectivity index (χ1) is 13.2. The minimum absolute atomic E-state index is 0.151. The molecule has 0 aromatic carbocycles. The van der Waals surface area contributed by atoms with Crippen molar-refractivity contribution in [1.29, 1.82) is 0 Å². The number of hydrogen-bond donors (Lipinski definition) is 1. The summed E-state index contributed by atoms with van der Waals surface area (Å²) in [6, 6.07) is 0. The van der Waals surface area contributed by atoms with Crippen molar-refractivity contribution in [3.8, 4) is 0 Å². The number of nitrogens with one attached hydrogen (secondary N) is 1. The van der Waals surface area contributed by atoms with Gasteiger partial charge in [-0.25, -0.2) is 5.48 Å². The Labute approximate surface area is 171 Å². The van der Waals surface area contributed by atoms with E-state index in [-0.39, 0.29) is 16.8 Å². The normalized spacial score (nSPS) is 43.6. The highest BCUT2D eigenvalue weighted by molar-refractivity contribution is 5.65. The highest BCUT2D eigenvalue weighted by atomic mass is 16.6. The topological polar surface area (TPSA) is 47.6 Å². The van der Waals surface area contributed by atoms with Crippen LogP contribution in [0, 0.1) is 40.4 Å². The molecule has 0 saturated heterocycles. The molecule has 4 nitrogen and oxygen atoms in total. The summed E-state index contributed by atoms with van der Waals surface area (Å²) in [4.78, 5) is 16.8. The lowest BCUT2D eigenvalue weighted by Crippen LogP contribution is -2.52. The maximum atomic E-state index is 11.5. The van der Waals surface area contributed by atoms with E-state index in [0.717, 1.165) is 6.54 Å². The minimum atomic E-state index is -0.151. The van der Waals surface area contributed by atoms with Gasteiger partial charge in [-0.1, -0.05) is 39.3 Å². The summed E-state index contributed by atoms with van der Waals surface area (Å²) >= 11 is 0. The summed E-state index contributed by atoms with van der Waals surface area (Å²) in [5.74, 6) is 2.89. The predicted molar refractivity (Wildman–Crippen MR) is 112 cm³/mol. The van der Waals surface area contributed by atoms with Crippen molar-refractivity contribution in [2.24, 2.45) is 40.4 Å². The van der Waals surface area contributed by atoms with Gasteiger partial charge < -0.3 is 9.57 Å².